The molecular formula is C12H7F4N3O4. The average molecular weight is 333 g/mol. The van der Waals surface area contributed by atoms with Crippen LogP contribution in [0.3, 0.4) is 0 Å². The Balaban J connectivity index is 2.76. The number of non-ortho nitro benzene ring substituents is 1. The third-order valence-electron chi connectivity index (χ3n) is 2.99. The van der Waals surface area contributed by atoms with E-state index in [-0.39, 0.29) is 15.2 Å². The molecule has 0 saturated heterocycles. The molecule has 11 heteroatoms. The molecule has 0 aliphatic heterocycles. The summed E-state index contributed by atoms with van der Waals surface area (Å²) in [6.45, 7) is 0. The highest BCUT2D eigenvalue weighted by Gasteiger charge is 2.35. The number of benzene rings is 1. The van der Waals surface area contributed by atoms with Crippen molar-refractivity contribution < 1.29 is 22.5 Å². The Hall–Kier alpha value is -2.98. The first-order valence-corrected chi connectivity index (χ1v) is 5.88. The summed E-state index contributed by atoms with van der Waals surface area (Å²) in [7, 11) is 0.768. The molecule has 0 saturated carbocycles. The van der Waals surface area contributed by atoms with E-state index < -0.39 is 45.2 Å². The highest BCUT2D eigenvalue weighted by atomic mass is 19.4. The number of nitrogens with zero attached hydrogens (tertiary/aromatic N) is 3. The predicted molar refractivity (Wildman–Crippen MR) is 68.9 cm³/mol. The summed E-state index contributed by atoms with van der Waals surface area (Å²) in [5, 5.41) is 10.5. The largest absolute Gasteiger partial charge is 0.431 e. The number of rotatable bonds is 2. The standard InChI is InChI=1S/C12H7F4N3O4/c1-17-9(12(14,15)16)5-10(20)18(11(17)21)8-3-2-6(19(22)23)4-7(8)13/h2-5H,1H3. The van der Waals surface area contributed by atoms with Crippen molar-refractivity contribution in [1.82, 2.24) is 9.13 Å². The van der Waals surface area contributed by atoms with Gasteiger partial charge in [-0.25, -0.2) is 13.8 Å². The van der Waals surface area contributed by atoms with Crippen LogP contribution in [0.1, 0.15) is 5.69 Å². The quantitative estimate of drug-likeness (QED) is 0.474. The van der Waals surface area contributed by atoms with Crippen molar-refractivity contribution in [3.63, 3.8) is 0 Å². The van der Waals surface area contributed by atoms with Crippen molar-refractivity contribution >= 4 is 5.69 Å². The first kappa shape index (κ1) is 16.4. The summed E-state index contributed by atoms with van der Waals surface area (Å²) < 4.78 is 52.3. The molecule has 0 spiro atoms. The van der Waals surface area contributed by atoms with Gasteiger partial charge in [0.2, 0.25) is 0 Å². The topological polar surface area (TPSA) is 87.1 Å². The van der Waals surface area contributed by atoms with E-state index in [4.69, 9.17) is 0 Å². The van der Waals surface area contributed by atoms with Gasteiger partial charge >= 0.3 is 11.9 Å². The van der Waals surface area contributed by atoms with Crippen LogP contribution >= 0.6 is 0 Å². The van der Waals surface area contributed by atoms with E-state index in [2.05, 4.69) is 0 Å². The second-order valence-electron chi connectivity index (χ2n) is 4.44. The fourth-order valence-electron chi connectivity index (χ4n) is 1.91. The van der Waals surface area contributed by atoms with Crippen LogP contribution in [0.2, 0.25) is 0 Å². The normalized spacial score (nSPS) is 11.5. The van der Waals surface area contributed by atoms with Gasteiger partial charge in [0.25, 0.3) is 11.2 Å². The molecule has 0 N–H and O–H groups in total. The van der Waals surface area contributed by atoms with Gasteiger partial charge in [0.15, 0.2) is 5.82 Å². The average Bonchev–Trinajstić information content (AvgIpc) is 2.43. The maximum absolute atomic E-state index is 13.9. The molecule has 0 fully saturated rings. The second-order valence-corrected chi connectivity index (χ2v) is 4.44. The van der Waals surface area contributed by atoms with E-state index in [1.807, 2.05) is 0 Å². The van der Waals surface area contributed by atoms with E-state index >= 15 is 0 Å². The van der Waals surface area contributed by atoms with Crippen LogP contribution in [0.25, 0.3) is 5.69 Å². The van der Waals surface area contributed by atoms with Gasteiger partial charge in [-0.05, 0) is 6.07 Å². The maximum atomic E-state index is 13.9. The number of nitro groups is 1. The summed E-state index contributed by atoms with van der Waals surface area (Å²) in [5.41, 5.74) is -5.66. The summed E-state index contributed by atoms with van der Waals surface area (Å²) in [4.78, 5) is 33.4. The van der Waals surface area contributed by atoms with Gasteiger partial charge in [0, 0.05) is 19.2 Å². The first-order chi connectivity index (χ1) is 10.5. The van der Waals surface area contributed by atoms with E-state index in [0.717, 1.165) is 19.2 Å². The molecule has 0 amide bonds. The highest BCUT2D eigenvalue weighted by Crippen LogP contribution is 2.27. The number of hydrogen-bond acceptors (Lipinski definition) is 4. The lowest BCUT2D eigenvalue weighted by atomic mass is 10.2. The van der Waals surface area contributed by atoms with Crippen molar-refractivity contribution in [2.45, 2.75) is 6.18 Å². The van der Waals surface area contributed by atoms with Crippen LogP contribution in [0.15, 0.2) is 33.9 Å². The molecule has 2 aromatic rings. The van der Waals surface area contributed by atoms with E-state index in [0.29, 0.717) is 6.07 Å². The SMILES string of the molecule is Cn1c(C(F)(F)F)cc(=O)n(-c2ccc([N+](=O)[O-])cc2F)c1=O. The highest BCUT2D eigenvalue weighted by molar-refractivity contribution is 5.42. The van der Waals surface area contributed by atoms with Gasteiger partial charge in [-0.15, -0.1) is 0 Å². The lowest BCUT2D eigenvalue weighted by molar-refractivity contribution is -0.385. The van der Waals surface area contributed by atoms with Gasteiger partial charge < -0.3 is 0 Å². The third kappa shape index (κ3) is 2.84. The van der Waals surface area contributed by atoms with Crippen LogP contribution < -0.4 is 11.2 Å². The Bertz CT molecular complexity index is 914. The molecule has 0 radical (unpaired) electrons. The molecule has 1 heterocycles. The Labute approximate surface area is 124 Å². The van der Waals surface area contributed by atoms with Crippen LogP contribution in [-0.4, -0.2) is 14.1 Å². The van der Waals surface area contributed by atoms with E-state index in [1.165, 1.54) is 0 Å². The number of nitro benzene ring substituents is 1. The molecular weight excluding hydrogens is 326 g/mol. The van der Waals surface area contributed by atoms with Crippen LogP contribution in [0.5, 0.6) is 0 Å². The molecule has 2 rings (SSSR count). The zero-order chi connectivity index (χ0) is 17.5. The van der Waals surface area contributed by atoms with Gasteiger partial charge in [0.05, 0.1) is 16.7 Å². The lowest BCUT2D eigenvalue weighted by Crippen LogP contribution is -2.41. The van der Waals surface area contributed by atoms with Crippen molar-refractivity contribution in [2.75, 3.05) is 0 Å². The number of alkyl halides is 3. The van der Waals surface area contributed by atoms with Gasteiger partial charge in [-0.3, -0.25) is 19.5 Å². The van der Waals surface area contributed by atoms with Crippen molar-refractivity contribution in [1.29, 1.82) is 0 Å². The number of aromatic nitrogens is 2. The Morgan fingerprint density at radius 1 is 1.17 bits per heavy atom. The zero-order valence-corrected chi connectivity index (χ0v) is 11.3. The summed E-state index contributed by atoms with van der Waals surface area (Å²) in [5.74, 6) is -1.29. The maximum Gasteiger partial charge on any atom is 0.431 e. The Morgan fingerprint density at radius 3 is 2.26 bits per heavy atom. The van der Waals surface area contributed by atoms with Crippen LogP contribution in [0, 0.1) is 15.9 Å². The minimum Gasteiger partial charge on any atom is -0.292 e. The summed E-state index contributed by atoms with van der Waals surface area (Å²) >= 11 is 0. The minimum absolute atomic E-state index is 0.141. The predicted octanol–water partition coefficient (Wildman–Crippen LogP) is 1.60. The molecule has 0 aliphatic rings. The van der Waals surface area contributed by atoms with Gasteiger partial charge in [0.1, 0.15) is 5.69 Å². The monoisotopic (exact) mass is 333 g/mol. The van der Waals surface area contributed by atoms with Crippen LogP contribution in [0.4, 0.5) is 23.2 Å². The van der Waals surface area contributed by atoms with Crippen molar-refractivity contribution in [3.05, 3.63) is 66.7 Å². The molecule has 0 unspecified atom stereocenters. The molecule has 23 heavy (non-hydrogen) atoms. The molecule has 0 aliphatic carbocycles. The van der Waals surface area contributed by atoms with Crippen molar-refractivity contribution in [2.24, 2.45) is 7.05 Å². The molecule has 1 aromatic heterocycles. The fourth-order valence-corrected chi connectivity index (χ4v) is 1.91. The molecule has 0 bridgehead atoms. The smallest absolute Gasteiger partial charge is 0.292 e. The molecule has 1 aromatic carbocycles. The first-order valence-electron chi connectivity index (χ1n) is 5.88. The zero-order valence-electron chi connectivity index (χ0n) is 11.3. The van der Waals surface area contributed by atoms with Gasteiger partial charge in [-0.1, -0.05) is 0 Å². The van der Waals surface area contributed by atoms with Crippen molar-refractivity contribution in [3.8, 4) is 5.69 Å². The molecule has 7 nitrogen and oxygen atoms in total. The summed E-state index contributed by atoms with van der Waals surface area (Å²) in [6.07, 6.45) is -4.94. The van der Waals surface area contributed by atoms with E-state index in [1.54, 1.807) is 0 Å². The van der Waals surface area contributed by atoms with Gasteiger partial charge in [-0.2, -0.15) is 13.2 Å². The molecule has 122 valence electrons. The second kappa shape index (κ2) is 5.34. The Kier molecular flexibility index (Phi) is 3.80. The third-order valence-corrected chi connectivity index (χ3v) is 2.99. The minimum atomic E-state index is -4.94. The van der Waals surface area contributed by atoms with Crippen LogP contribution in [-0.2, 0) is 13.2 Å². The fraction of sp³-hybridized carbons (Fsp3) is 0.167. The number of halogens is 4. The van der Waals surface area contributed by atoms with E-state index in [9.17, 15) is 37.3 Å². The lowest BCUT2D eigenvalue weighted by Gasteiger charge is -2.14. The molecule has 0 atom stereocenters. The Morgan fingerprint density at radius 2 is 1.78 bits per heavy atom. The number of hydrogen-bond donors (Lipinski definition) is 0. The summed E-state index contributed by atoms with van der Waals surface area (Å²) in [6, 6.07) is 2.19.